The molecule has 0 atom stereocenters. The number of hydrogen-bond donors (Lipinski definition) is 1. The molecular formula is C19H15ClN4O2. The van der Waals surface area contributed by atoms with Crippen molar-refractivity contribution in [3.05, 3.63) is 64.9 Å². The largest absolute Gasteiger partial charge is 0.424 e. The molecule has 0 fully saturated rings. The van der Waals surface area contributed by atoms with Crippen molar-refractivity contribution in [1.82, 2.24) is 15.0 Å². The number of oxazole rings is 1. The maximum Gasteiger partial charge on any atom is 0.322 e. The Morgan fingerprint density at radius 3 is 2.38 bits per heavy atom. The Kier molecular flexibility index (Phi) is 4.18. The van der Waals surface area contributed by atoms with Crippen LogP contribution < -0.4 is 10.1 Å². The van der Waals surface area contributed by atoms with Crippen molar-refractivity contribution >= 4 is 34.4 Å². The number of ether oxygens (including phenoxy) is 1. The van der Waals surface area contributed by atoms with Gasteiger partial charge in [-0.3, -0.25) is 0 Å². The molecule has 1 N–H and O–H groups in total. The number of aromatic nitrogens is 3. The molecule has 0 spiro atoms. The summed E-state index contributed by atoms with van der Waals surface area (Å²) in [5.74, 6) is 0.643. The van der Waals surface area contributed by atoms with E-state index in [0.29, 0.717) is 33.9 Å². The number of anilines is 2. The number of halogens is 1. The van der Waals surface area contributed by atoms with E-state index in [1.54, 1.807) is 18.2 Å². The second-order valence-corrected chi connectivity index (χ2v) is 6.25. The van der Waals surface area contributed by atoms with Gasteiger partial charge in [0.15, 0.2) is 5.58 Å². The predicted molar refractivity (Wildman–Crippen MR) is 100 cm³/mol. The van der Waals surface area contributed by atoms with Crippen molar-refractivity contribution in [2.45, 2.75) is 13.8 Å². The summed E-state index contributed by atoms with van der Waals surface area (Å²) in [6.45, 7) is 3.81. The zero-order chi connectivity index (χ0) is 18.1. The van der Waals surface area contributed by atoms with E-state index in [-0.39, 0.29) is 0 Å². The van der Waals surface area contributed by atoms with Crippen molar-refractivity contribution in [3.8, 4) is 11.8 Å². The Balaban J connectivity index is 1.49. The molecule has 6 nitrogen and oxygen atoms in total. The van der Waals surface area contributed by atoms with E-state index in [4.69, 9.17) is 20.8 Å². The molecule has 0 aliphatic rings. The van der Waals surface area contributed by atoms with Gasteiger partial charge in [0.1, 0.15) is 11.3 Å². The average Bonchev–Trinajstić information content (AvgIpc) is 2.97. The minimum atomic E-state index is 0.332. The summed E-state index contributed by atoms with van der Waals surface area (Å²) in [4.78, 5) is 12.9. The van der Waals surface area contributed by atoms with Crippen LogP contribution in [0, 0.1) is 13.8 Å². The molecule has 0 amide bonds. The van der Waals surface area contributed by atoms with Gasteiger partial charge in [-0.05, 0) is 62.4 Å². The highest BCUT2D eigenvalue weighted by Crippen LogP contribution is 2.26. The molecule has 2 heterocycles. The van der Waals surface area contributed by atoms with E-state index < -0.39 is 0 Å². The van der Waals surface area contributed by atoms with Crippen LogP contribution in [0.1, 0.15) is 11.4 Å². The van der Waals surface area contributed by atoms with Crippen LogP contribution in [0.5, 0.6) is 11.8 Å². The van der Waals surface area contributed by atoms with Crippen LogP contribution in [0.4, 0.5) is 11.7 Å². The highest BCUT2D eigenvalue weighted by molar-refractivity contribution is 6.31. The summed E-state index contributed by atoms with van der Waals surface area (Å²) in [5, 5.41) is 3.73. The summed E-state index contributed by atoms with van der Waals surface area (Å²) in [7, 11) is 0. The first-order valence-electron chi connectivity index (χ1n) is 7.98. The van der Waals surface area contributed by atoms with Crippen LogP contribution in [-0.2, 0) is 0 Å². The number of aryl methyl sites for hydroxylation is 2. The van der Waals surface area contributed by atoms with Crippen LogP contribution in [-0.4, -0.2) is 15.0 Å². The lowest BCUT2D eigenvalue weighted by molar-refractivity contribution is 0.439. The molecule has 4 rings (SSSR count). The van der Waals surface area contributed by atoms with Gasteiger partial charge in [-0.1, -0.05) is 11.6 Å². The van der Waals surface area contributed by atoms with E-state index in [1.165, 1.54) is 0 Å². The normalized spacial score (nSPS) is 10.9. The number of hydrogen-bond acceptors (Lipinski definition) is 6. The zero-order valence-corrected chi connectivity index (χ0v) is 14.9. The van der Waals surface area contributed by atoms with Gasteiger partial charge in [0, 0.05) is 22.1 Å². The molecule has 0 saturated carbocycles. The van der Waals surface area contributed by atoms with E-state index in [1.807, 2.05) is 44.2 Å². The Bertz CT molecular complexity index is 1060. The smallest absolute Gasteiger partial charge is 0.322 e. The van der Waals surface area contributed by atoms with Gasteiger partial charge in [-0.15, -0.1) is 0 Å². The van der Waals surface area contributed by atoms with Crippen LogP contribution in [0.2, 0.25) is 5.02 Å². The lowest BCUT2D eigenvalue weighted by Gasteiger charge is -2.07. The monoisotopic (exact) mass is 366 g/mol. The number of nitrogens with one attached hydrogen (secondary N) is 1. The van der Waals surface area contributed by atoms with Gasteiger partial charge in [-0.2, -0.15) is 4.98 Å². The average molecular weight is 367 g/mol. The lowest BCUT2D eigenvalue weighted by atomic mass is 10.3. The van der Waals surface area contributed by atoms with Gasteiger partial charge in [0.05, 0.1) is 0 Å². The predicted octanol–water partition coefficient (Wildman–Crippen LogP) is 5.42. The van der Waals surface area contributed by atoms with E-state index in [0.717, 1.165) is 17.1 Å². The molecule has 4 aromatic rings. The highest BCUT2D eigenvalue weighted by atomic mass is 35.5. The number of benzene rings is 2. The fourth-order valence-corrected chi connectivity index (χ4v) is 2.69. The summed E-state index contributed by atoms with van der Waals surface area (Å²) >= 11 is 5.97. The standard InChI is InChI=1S/C19H15ClN4O2/c1-11-9-12(2)22-18(21-11)25-15-6-4-14(5-7-15)23-19-24-16-10-13(20)3-8-17(16)26-19/h3-10H,1-2H3,(H,23,24). The van der Waals surface area contributed by atoms with Crippen LogP contribution >= 0.6 is 11.6 Å². The van der Waals surface area contributed by atoms with Crippen molar-refractivity contribution in [1.29, 1.82) is 0 Å². The molecule has 0 saturated heterocycles. The SMILES string of the molecule is Cc1cc(C)nc(Oc2ccc(Nc3nc4cc(Cl)ccc4o3)cc2)n1. The maximum atomic E-state index is 5.97. The maximum absolute atomic E-state index is 5.97. The summed E-state index contributed by atoms with van der Waals surface area (Å²) < 4.78 is 11.3. The molecular weight excluding hydrogens is 352 g/mol. The number of fused-ring (bicyclic) bond motifs is 1. The Morgan fingerprint density at radius 2 is 1.65 bits per heavy atom. The van der Waals surface area contributed by atoms with Crippen molar-refractivity contribution in [2.24, 2.45) is 0 Å². The second-order valence-electron chi connectivity index (χ2n) is 5.82. The van der Waals surface area contributed by atoms with Crippen molar-refractivity contribution in [3.63, 3.8) is 0 Å². The molecule has 130 valence electrons. The quantitative estimate of drug-likeness (QED) is 0.519. The first-order chi connectivity index (χ1) is 12.5. The highest BCUT2D eigenvalue weighted by Gasteiger charge is 2.07. The van der Waals surface area contributed by atoms with Gasteiger partial charge < -0.3 is 14.5 Å². The Hall–Kier alpha value is -3.12. The van der Waals surface area contributed by atoms with Crippen molar-refractivity contribution in [2.75, 3.05) is 5.32 Å². The third kappa shape index (κ3) is 3.60. The molecule has 0 unspecified atom stereocenters. The van der Waals surface area contributed by atoms with E-state index in [2.05, 4.69) is 20.3 Å². The Morgan fingerprint density at radius 1 is 0.923 bits per heavy atom. The van der Waals surface area contributed by atoms with Crippen molar-refractivity contribution < 1.29 is 9.15 Å². The molecule has 0 aliphatic carbocycles. The number of rotatable bonds is 4. The summed E-state index contributed by atoms with van der Waals surface area (Å²) in [6.07, 6.45) is 0. The molecule has 7 heteroatoms. The van der Waals surface area contributed by atoms with Gasteiger partial charge in [-0.25, -0.2) is 9.97 Å². The van der Waals surface area contributed by atoms with E-state index >= 15 is 0 Å². The number of nitrogens with zero attached hydrogens (tertiary/aromatic N) is 3. The van der Waals surface area contributed by atoms with Crippen LogP contribution in [0.25, 0.3) is 11.1 Å². The molecule has 26 heavy (non-hydrogen) atoms. The first kappa shape index (κ1) is 16.4. The fourth-order valence-electron chi connectivity index (χ4n) is 2.53. The first-order valence-corrected chi connectivity index (χ1v) is 8.36. The van der Waals surface area contributed by atoms with Gasteiger partial charge in [0.25, 0.3) is 6.01 Å². The summed E-state index contributed by atoms with van der Waals surface area (Å²) in [5.41, 5.74) is 3.91. The van der Waals surface area contributed by atoms with E-state index in [9.17, 15) is 0 Å². The Labute approximate surface area is 154 Å². The molecule has 0 radical (unpaired) electrons. The van der Waals surface area contributed by atoms with Crippen LogP contribution in [0.15, 0.2) is 52.9 Å². The molecule has 0 bridgehead atoms. The van der Waals surface area contributed by atoms with Gasteiger partial charge in [0.2, 0.25) is 0 Å². The molecule has 0 aliphatic heterocycles. The lowest BCUT2D eigenvalue weighted by Crippen LogP contribution is -1.96. The third-order valence-corrected chi connectivity index (χ3v) is 3.86. The fraction of sp³-hybridized carbons (Fsp3) is 0.105. The molecule has 2 aromatic carbocycles. The minimum absolute atomic E-state index is 0.332. The third-order valence-electron chi connectivity index (χ3n) is 3.63. The van der Waals surface area contributed by atoms with Gasteiger partial charge >= 0.3 is 6.01 Å². The summed E-state index contributed by atoms with van der Waals surface area (Å²) in [6, 6.07) is 15.3. The molecule has 2 aromatic heterocycles. The second kappa shape index (κ2) is 6.65. The zero-order valence-electron chi connectivity index (χ0n) is 14.2. The minimum Gasteiger partial charge on any atom is -0.424 e. The topological polar surface area (TPSA) is 73.1 Å². The van der Waals surface area contributed by atoms with Crippen LogP contribution in [0.3, 0.4) is 0 Å².